The first kappa shape index (κ1) is 73.7. The van der Waals surface area contributed by atoms with Crippen LogP contribution in [0, 0.1) is 0 Å². The molecule has 4 rings (SSSR count). The number of aliphatic carboxylic acids is 9. The quantitative estimate of drug-likeness (QED) is 0.0451. The van der Waals surface area contributed by atoms with Crippen molar-refractivity contribution in [2.75, 3.05) is 65.4 Å². The Morgan fingerprint density at radius 1 is 0.280 bits per heavy atom. The number of hydrogen-bond donors (Lipinski definition) is 17. The number of rotatable bonds is 25. The molecule has 4 aliphatic carbocycles. The zero-order chi connectivity index (χ0) is 57.1. The van der Waals surface area contributed by atoms with E-state index >= 15 is 0 Å². The number of nitrogens with two attached hydrogens (primary N) is 1. The van der Waals surface area contributed by atoms with Crippen LogP contribution in [0.1, 0.15) is 154 Å². The summed E-state index contributed by atoms with van der Waals surface area (Å²) in [6.45, 7) is -0.479. The Morgan fingerprint density at radius 2 is 0.493 bits per heavy atom. The van der Waals surface area contributed by atoms with Gasteiger partial charge in [-0.15, -0.1) is 0 Å². The van der Waals surface area contributed by atoms with E-state index in [1.165, 1.54) is 96.3 Å². The summed E-state index contributed by atoms with van der Waals surface area (Å²) in [6, 6.07) is 1.82. The zero-order valence-corrected chi connectivity index (χ0v) is 43.5. The Labute approximate surface area is 439 Å². The van der Waals surface area contributed by atoms with Gasteiger partial charge in [-0.05, 0) is 51.4 Å². The van der Waals surface area contributed by atoms with Gasteiger partial charge in [0.1, 0.15) is 0 Å². The maximum Gasteiger partial charge on any atom is 0.317 e. The second kappa shape index (κ2) is 51.9. The fourth-order valence-corrected chi connectivity index (χ4v) is 7.30. The van der Waals surface area contributed by atoms with Gasteiger partial charge in [-0.1, -0.05) is 96.3 Å². The van der Waals surface area contributed by atoms with Crippen molar-refractivity contribution in [1.82, 2.24) is 37.2 Å². The van der Waals surface area contributed by atoms with Crippen LogP contribution in [0.25, 0.3) is 0 Å². The van der Waals surface area contributed by atoms with Gasteiger partial charge in [-0.2, -0.15) is 0 Å². The average molecular weight is 1080 g/mol. The van der Waals surface area contributed by atoms with Crippen LogP contribution < -0.4 is 43.0 Å². The number of carboxylic acid groups (broad SMARTS) is 9. The predicted octanol–water partition coefficient (Wildman–Crippen LogP) is 1.17. The molecule has 27 heteroatoms. The highest BCUT2D eigenvalue weighted by Gasteiger charge is 2.17. The molecule has 1 amide bonds. The molecule has 0 aliphatic heterocycles. The summed E-state index contributed by atoms with van der Waals surface area (Å²) >= 11 is 0. The second-order valence-corrected chi connectivity index (χ2v) is 18.1. The smallest absolute Gasteiger partial charge is 0.317 e. The third-order valence-electron chi connectivity index (χ3n) is 11.3. The lowest BCUT2D eigenvalue weighted by atomic mass is 9.93. The Hall–Kier alpha value is -5.58. The molecule has 0 aromatic carbocycles. The highest BCUT2D eigenvalue weighted by Crippen LogP contribution is 2.19. The lowest BCUT2D eigenvalue weighted by molar-refractivity contribution is -0.139. The summed E-state index contributed by atoms with van der Waals surface area (Å²) in [5, 5.41) is 92.8. The van der Waals surface area contributed by atoms with E-state index in [2.05, 4.69) is 43.0 Å². The van der Waals surface area contributed by atoms with Gasteiger partial charge in [0, 0.05) is 30.7 Å². The van der Waals surface area contributed by atoms with Crippen LogP contribution in [0.2, 0.25) is 0 Å². The minimum Gasteiger partial charge on any atom is -0.481 e. The van der Waals surface area contributed by atoms with Crippen LogP contribution >= 0.6 is 0 Å². The summed E-state index contributed by atoms with van der Waals surface area (Å²) in [5.41, 5.74) is 4.68. The largest absolute Gasteiger partial charge is 0.481 e. The Balaban J connectivity index is -0.000000813. The number of carboxylic acids is 9. The van der Waals surface area contributed by atoms with Crippen molar-refractivity contribution in [3.63, 3.8) is 0 Å². The topological polar surface area (TPSA) is 463 Å². The second-order valence-electron chi connectivity index (χ2n) is 18.1. The van der Waals surface area contributed by atoms with E-state index in [0.717, 1.165) is 51.4 Å². The molecule has 0 spiro atoms. The maximum atomic E-state index is 10.5. The monoisotopic (exact) mass is 1080 g/mol. The van der Waals surface area contributed by atoms with Gasteiger partial charge in [-0.25, -0.2) is 0 Å². The van der Waals surface area contributed by atoms with Crippen LogP contribution in [-0.2, 0) is 47.9 Å². The fourth-order valence-electron chi connectivity index (χ4n) is 7.30. The SMILES string of the molecule is NC(=O)CNCC(=O)O.O=C(O)CCNCC(=O)O.O=C(O)CNC1CCC1.O=C(O)CNC1CCCCC1.O=C(O)CNC1CCCCCC1.O=C(O)CNC1CCCCCCCCC1.O=C(O)CNCC(=O)O. The van der Waals surface area contributed by atoms with Crippen molar-refractivity contribution in [3.8, 4) is 0 Å². The molecule has 0 saturated heterocycles. The lowest BCUT2D eigenvalue weighted by Crippen LogP contribution is -2.38. The fraction of sp³-hybridized carbons (Fsp3) is 0.792. The van der Waals surface area contributed by atoms with E-state index in [0.29, 0.717) is 24.2 Å². The Kier molecular flexibility index (Phi) is 51.0. The van der Waals surface area contributed by atoms with E-state index in [4.69, 9.17) is 46.0 Å². The molecule has 0 heterocycles. The summed E-state index contributed by atoms with van der Waals surface area (Å²) < 4.78 is 0. The normalized spacial score (nSPS) is 16.1. The van der Waals surface area contributed by atoms with Crippen molar-refractivity contribution in [1.29, 1.82) is 0 Å². The highest BCUT2D eigenvalue weighted by atomic mass is 16.4. The molecular weight excluding hydrogens is 993 g/mol. The van der Waals surface area contributed by atoms with Crippen molar-refractivity contribution in [2.45, 2.75) is 178 Å². The number of nitrogens with one attached hydrogen (secondary N) is 7. The number of amides is 1. The molecule has 436 valence electrons. The van der Waals surface area contributed by atoms with Gasteiger partial charge < -0.3 is 78.3 Å². The van der Waals surface area contributed by atoms with Crippen molar-refractivity contribution >= 4 is 59.6 Å². The molecule has 75 heavy (non-hydrogen) atoms. The minimum atomic E-state index is -1.06. The Morgan fingerprint density at radius 3 is 0.707 bits per heavy atom. The molecule has 0 aromatic rings. The van der Waals surface area contributed by atoms with Crippen LogP contribution in [0.5, 0.6) is 0 Å². The molecule has 4 saturated carbocycles. The molecule has 27 nitrogen and oxygen atoms in total. The number of primary amides is 1. The van der Waals surface area contributed by atoms with Crippen LogP contribution in [-0.4, -0.2) is 195 Å². The molecule has 0 bridgehead atoms. The molecule has 4 aliphatic rings. The number of carbonyl (C=O) groups excluding carboxylic acids is 1. The molecule has 4 fully saturated rings. The average Bonchev–Trinajstić information content (AvgIpc) is 3.60. The zero-order valence-electron chi connectivity index (χ0n) is 43.5. The summed E-state index contributed by atoms with van der Waals surface area (Å²) in [4.78, 5) is 99.7. The summed E-state index contributed by atoms with van der Waals surface area (Å²) in [5.74, 6) is -8.60. The first-order valence-corrected chi connectivity index (χ1v) is 25.8. The molecule has 0 aromatic heterocycles. The first-order valence-electron chi connectivity index (χ1n) is 25.8. The van der Waals surface area contributed by atoms with Gasteiger partial charge >= 0.3 is 53.7 Å². The van der Waals surface area contributed by atoms with Gasteiger partial charge in [-0.3, -0.25) is 58.6 Å². The molecule has 18 N–H and O–H groups in total. The van der Waals surface area contributed by atoms with Crippen molar-refractivity contribution < 1.29 is 93.9 Å². The van der Waals surface area contributed by atoms with Gasteiger partial charge in [0.25, 0.3) is 0 Å². The van der Waals surface area contributed by atoms with Crippen LogP contribution in [0.3, 0.4) is 0 Å². The standard InChI is InChI=1S/C12H23NO2.C9H17NO2.C8H15NO2.C6H11NO2.C5H9NO4.C4H8N2O3.C4H7NO4/c14-12(15)10-13-11-8-6-4-2-1-3-5-7-9-11;11-9(12)7-10-8-5-3-1-2-4-6-8;10-8(11)6-9-7-4-2-1-3-5-7;8-6(9)4-7-5-2-1-3-5;7-4(8)1-2-6-3-5(9)10;5-3(7)1-6-2-4(8)9;6-3(7)1-5-2-4(8)9/h11,13H,1-10H2,(H,14,15);8,10H,1-7H2,(H,11,12);7,9H,1-6H2,(H,10,11);5,7H,1-4H2,(H,8,9);6H,1-3H2,(H,7,8)(H,9,10);6H,1-2H2,(H2,5,7)(H,8,9);5H,1-2H2,(H,6,7)(H,8,9). The van der Waals surface area contributed by atoms with E-state index in [-0.39, 0.29) is 71.9 Å². The van der Waals surface area contributed by atoms with E-state index in [1.807, 2.05) is 0 Å². The van der Waals surface area contributed by atoms with Crippen molar-refractivity contribution in [3.05, 3.63) is 0 Å². The highest BCUT2D eigenvalue weighted by molar-refractivity contribution is 5.77. The third kappa shape index (κ3) is 64.5. The van der Waals surface area contributed by atoms with Gasteiger partial charge in [0.2, 0.25) is 5.91 Å². The van der Waals surface area contributed by atoms with Crippen LogP contribution in [0.15, 0.2) is 0 Å². The van der Waals surface area contributed by atoms with E-state index in [9.17, 15) is 47.9 Å². The van der Waals surface area contributed by atoms with E-state index < -0.39 is 59.6 Å². The predicted molar refractivity (Wildman–Crippen MR) is 274 cm³/mol. The molecule has 0 atom stereocenters. The van der Waals surface area contributed by atoms with E-state index in [1.54, 1.807) is 0 Å². The molecular formula is C48H90N8O19. The number of carbonyl (C=O) groups is 10. The first-order chi connectivity index (χ1) is 35.5. The summed E-state index contributed by atoms with van der Waals surface area (Å²) in [7, 11) is 0. The van der Waals surface area contributed by atoms with Crippen LogP contribution in [0.4, 0.5) is 0 Å². The van der Waals surface area contributed by atoms with Gasteiger partial charge in [0.15, 0.2) is 0 Å². The lowest BCUT2D eigenvalue weighted by Gasteiger charge is -2.25. The van der Waals surface area contributed by atoms with Crippen molar-refractivity contribution in [2.24, 2.45) is 5.73 Å². The molecule has 0 unspecified atom stereocenters. The number of hydrogen-bond acceptors (Lipinski definition) is 17. The third-order valence-corrected chi connectivity index (χ3v) is 11.3. The molecule has 0 radical (unpaired) electrons. The Bertz CT molecular complexity index is 1490. The van der Waals surface area contributed by atoms with Gasteiger partial charge in [0.05, 0.1) is 65.3 Å². The minimum absolute atomic E-state index is 0.0483. The maximum absolute atomic E-state index is 10.5. The summed E-state index contributed by atoms with van der Waals surface area (Å²) in [6.07, 6.45) is 28.5.